The Morgan fingerprint density at radius 2 is 1.82 bits per heavy atom. The van der Waals surface area contributed by atoms with E-state index in [0.29, 0.717) is 6.42 Å². The fourth-order valence-corrected chi connectivity index (χ4v) is 2.79. The molecule has 0 saturated carbocycles. The summed E-state index contributed by atoms with van der Waals surface area (Å²) in [6.07, 6.45) is 0.469. The number of hydrogen-bond donors (Lipinski definition) is 0. The SMILES string of the molecule is COc1ccc(CC(=O)N2CCN(C)CC2)cc1C(C)(C)C. The van der Waals surface area contributed by atoms with Crippen molar-refractivity contribution in [3.05, 3.63) is 29.3 Å². The average Bonchev–Trinajstić information content (AvgIpc) is 2.47. The van der Waals surface area contributed by atoms with Gasteiger partial charge in [0.2, 0.25) is 5.91 Å². The highest BCUT2D eigenvalue weighted by molar-refractivity contribution is 5.79. The lowest BCUT2D eigenvalue weighted by Crippen LogP contribution is -2.47. The molecule has 0 radical (unpaired) electrons. The lowest BCUT2D eigenvalue weighted by Gasteiger charge is -2.32. The van der Waals surface area contributed by atoms with Gasteiger partial charge in [0, 0.05) is 26.2 Å². The predicted molar refractivity (Wildman–Crippen MR) is 89.5 cm³/mol. The van der Waals surface area contributed by atoms with Crippen molar-refractivity contribution in [1.82, 2.24) is 9.80 Å². The fraction of sp³-hybridized carbons (Fsp3) is 0.611. The molecule has 0 bridgehead atoms. The molecule has 122 valence electrons. The summed E-state index contributed by atoms with van der Waals surface area (Å²) in [7, 11) is 3.79. The van der Waals surface area contributed by atoms with E-state index in [4.69, 9.17) is 4.74 Å². The number of likely N-dealkylation sites (N-methyl/N-ethyl adjacent to an activating group) is 1. The third-order valence-electron chi connectivity index (χ3n) is 4.28. The molecule has 1 aromatic rings. The quantitative estimate of drug-likeness (QED) is 0.859. The van der Waals surface area contributed by atoms with Crippen LogP contribution in [0.25, 0.3) is 0 Å². The second kappa shape index (κ2) is 6.69. The van der Waals surface area contributed by atoms with Crippen molar-refractivity contribution in [2.75, 3.05) is 40.3 Å². The van der Waals surface area contributed by atoms with Crippen LogP contribution in [0.4, 0.5) is 0 Å². The molecule has 0 spiro atoms. The van der Waals surface area contributed by atoms with Crippen molar-refractivity contribution < 1.29 is 9.53 Å². The van der Waals surface area contributed by atoms with E-state index >= 15 is 0 Å². The number of methoxy groups -OCH3 is 1. The molecular formula is C18H28N2O2. The van der Waals surface area contributed by atoms with Crippen molar-refractivity contribution >= 4 is 5.91 Å². The van der Waals surface area contributed by atoms with Crippen molar-refractivity contribution in [3.8, 4) is 5.75 Å². The first-order chi connectivity index (χ1) is 10.3. The first-order valence-corrected chi connectivity index (χ1v) is 7.95. The van der Waals surface area contributed by atoms with Crippen LogP contribution < -0.4 is 4.74 Å². The van der Waals surface area contributed by atoms with Crippen molar-refractivity contribution in [1.29, 1.82) is 0 Å². The van der Waals surface area contributed by atoms with Gasteiger partial charge in [0.15, 0.2) is 0 Å². The number of ether oxygens (including phenoxy) is 1. The van der Waals surface area contributed by atoms with Gasteiger partial charge >= 0.3 is 0 Å². The molecule has 1 aromatic carbocycles. The molecule has 4 nitrogen and oxygen atoms in total. The van der Waals surface area contributed by atoms with Gasteiger partial charge < -0.3 is 14.5 Å². The Hall–Kier alpha value is -1.55. The largest absolute Gasteiger partial charge is 0.496 e. The molecule has 1 heterocycles. The maximum Gasteiger partial charge on any atom is 0.227 e. The van der Waals surface area contributed by atoms with E-state index in [0.717, 1.165) is 43.1 Å². The van der Waals surface area contributed by atoms with E-state index in [1.807, 2.05) is 17.0 Å². The first-order valence-electron chi connectivity index (χ1n) is 7.95. The number of benzene rings is 1. The van der Waals surface area contributed by atoms with E-state index in [2.05, 4.69) is 38.8 Å². The summed E-state index contributed by atoms with van der Waals surface area (Å²) < 4.78 is 5.46. The number of piperazine rings is 1. The predicted octanol–water partition coefficient (Wildman–Crippen LogP) is 2.31. The molecule has 0 aromatic heterocycles. The van der Waals surface area contributed by atoms with E-state index < -0.39 is 0 Å². The van der Waals surface area contributed by atoms with E-state index in [-0.39, 0.29) is 11.3 Å². The van der Waals surface area contributed by atoms with Gasteiger partial charge in [-0.05, 0) is 29.7 Å². The van der Waals surface area contributed by atoms with E-state index in [1.54, 1.807) is 7.11 Å². The highest BCUT2D eigenvalue weighted by atomic mass is 16.5. The summed E-state index contributed by atoms with van der Waals surface area (Å²) in [5.74, 6) is 1.11. The summed E-state index contributed by atoms with van der Waals surface area (Å²) in [6.45, 7) is 10.1. The Morgan fingerprint density at radius 3 is 2.36 bits per heavy atom. The highest BCUT2D eigenvalue weighted by Crippen LogP contribution is 2.32. The summed E-state index contributed by atoms with van der Waals surface area (Å²) >= 11 is 0. The van der Waals surface area contributed by atoms with E-state index in [9.17, 15) is 4.79 Å². The van der Waals surface area contributed by atoms with Crippen molar-refractivity contribution in [2.24, 2.45) is 0 Å². The Kier molecular flexibility index (Phi) is 5.12. The Labute approximate surface area is 134 Å². The molecule has 4 heteroatoms. The monoisotopic (exact) mass is 304 g/mol. The molecule has 0 N–H and O–H groups in total. The number of carbonyl (C=O) groups is 1. The van der Waals surface area contributed by atoms with Crippen LogP contribution in [0.15, 0.2) is 18.2 Å². The molecule has 1 aliphatic rings. The van der Waals surface area contributed by atoms with Gasteiger partial charge in [0.1, 0.15) is 5.75 Å². The zero-order valence-corrected chi connectivity index (χ0v) is 14.5. The topological polar surface area (TPSA) is 32.8 Å². The van der Waals surface area contributed by atoms with Crippen LogP contribution in [0, 0.1) is 0 Å². The number of amides is 1. The first kappa shape index (κ1) is 16.8. The minimum absolute atomic E-state index is 0.00175. The summed E-state index contributed by atoms with van der Waals surface area (Å²) in [5.41, 5.74) is 2.21. The van der Waals surface area contributed by atoms with Crippen LogP contribution in [0.3, 0.4) is 0 Å². The van der Waals surface area contributed by atoms with Crippen LogP contribution in [0.1, 0.15) is 31.9 Å². The van der Waals surface area contributed by atoms with Crippen molar-refractivity contribution in [3.63, 3.8) is 0 Å². The average molecular weight is 304 g/mol. The summed E-state index contributed by atoms with van der Waals surface area (Å²) in [6, 6.07) is 6.10. The van der Waals surface area contributed by atoms with Gasteiger partial charge in [-0.3, -0.25) is 4.79 Å². The maximum absolute atomic E-state index is 12.5. The molecule has 1 fully saturated rings. The van der Waals surface area contributed by atoms with Crippen molar-refractivity contribution in [2.45, 2.75) is 32.6 Å². The minimum atomic E-state index is -0.00175. The minimum Gasteiger partial charge on any atom is -0.496 e. The molecule has 0 aliphatic carbocycles. The second-order valence-electron chi connectivity index (χ2n) is 7.15. The van der Waals surface area contributed by atoms with Gasteiger partial charge in [-0.2, -0.15) is 0 Å². The van der Waals surface area contributed by atoms with Gasteiger partial charge in [0.25, 0.3) is 0 Å². The van der Waals surface area contributed by atoms with Crippen LogP contribution >= 0.6 is 0 Å². The van der Waals surface area contributed by atoms with Crippen LogP contribution in [0.2, 0.25) is 0 Å². The van der Waals surface area contributed by atoms with Gasteiger partial charge in [-0.1, -0.05) is 32.9 Å². The number of carbonyl (C=O) groups excluding carboxylic acids is 1. The normalized spacial score (nSPS) is 16.7. The summed E-state index contributed by atoms with van der Waals surface area (Å²) in [5, 5.41) is 0. The fourth-order valence-electron chi connectivity index (χ4n) is 2.79. The lowest BCUT2D eigenvalue weighted by atomic mass is 9.85. The van der Waals surface area contributed by atoms with Gasteiger partial charge in [-0.15, -0.1) is 0 Å². The zero-order valence-electron chi connectivity index (χ0n) is 14.5. The van der Waals surface area contributed by atoms with Crippen LogP contribution in [-0.4, -0.2) is 56.0 Å². The number of nitrogens with zero attached hydrogens (tertiary/aromatic N) is 2. The Morgan fingerprint density at radius 1 is 1.18 bits per heavy atom. The van der Waals surface area contributed by atoms with Gasteiger partial charge in [0.05, 0.1) is 13.5 Å². The highest BCUT2D eigenvalue weighted by Gasteiger charge is 2.22. The number of hydrogen-bond acceptors (Lipinski definition) is 3. The second-order valence-corrected chi connectivity index (χ2v) is 7.15. The van der Waals surface area contributed by atoms with Crippen LogP contribution in [0.5, 0.6) is 5.75 Å². The molecule has 2 rings (SSSR count). The van der Waals surface area contributed by atoms with E-state index in [1.165, 1.54) is 0 Å². The van der Waals surface area contributed by atoms with Gasteiger partial charge in [-0.25, -0.2) is 0 Å². The molecule has 22 heavy (non-hydrogen) atoms. The molecule has 1 aliphatic heterocycles. The standard InChI is InChI=1S/C18H28N2O2/c1-18(2,3)15-12-14(6-7-16(15)22-5)13-17(21)20-10-8-19(4)9-11-20/h6-7,12H,8-11,13H2,1-5H3. The Bertz CT molecular complexity index is 526. The zero-order chi connectivity index (χ0) is 16.3. The lowest BCUT2D eigenvalue weighted by molar-refractivity contribution is -0.132. The molecular weight excluding hydrogens is 276 g/mol. The van der Waals surface area contributed by atoms with Crippen LogP contribution in [-0.2, 0) is 16.6 Å². The Balaban J connectivity index is 2.11. The molecule has 1 saturated heterocycles. The smallest absolute Gasteiger partial charge is 0.227 e. The summed E-state index contributed by atoms with van der Waals surface area (Å²) in [4.78, 5) is 16.7. The molecule has 0 atom stereocenters. The molecule has 1 amide bonds. The molecule has 0 unspecified atom stereocenters. The third kappa shape index (κ3) is 4.01. The number of rotatable bonds is 3. The maximum atomic E-state index is 12.5. The third-order valence-corrected chi connectivity index (χ3v) is 4.28.